The van der Waals surface area contributed by atoms with Gasteiger partial charge in [-0.3, -0.25) is 4.79 Å². The van der Waals surface area contributed by atoms with Gasteiger partial charge in [-0.25, -0.2) is 8.78 Å². The van der Waals surface area contributed by atoms with Gasteiger partial charge in [-0.2, -0.15) is 0 Å². The van der Waals surface area contributed by atoms with Crippen molar-refractivity contribution in [3.8, 4) is 11.3 Å². The van der Waals surface area contributed by atoms with Crippen LogP contribution in [0, 0.1) is 11.6 Å². The first kappa shape index (κ1) is 21.2. The molecule has 0 atom stereocenters. The number of anilines is 1. The van der Waals surface area contributed by atoms with E-state index in [1.807, 2.05) is 35.2 Å². The number of carbonyl (C=O) groups excluding carboxylic acids is 1. The summed E-state index contributed by atoms with van der Waals surface area (Å²) in [6.45, 7) is 2.68. The number of H-pyrrole nitrogens is 1. The van der Waals surface area contributed by atoms with E-state index in [9.17, 15) is 13.6 Å². The molecule has 4 nitrogen and oxygen atoms in total. The first-order valence-corrected chi connectivity index (χ1v) is 11.2. The van der Waals surface area contributed by atoms with Crippen LogP contribution in [0.3, 0.4) is 0 Å². The van der Waals surface area contributed by atoms with Crippen LogP contribution in [-0.2, 0) is 11.2 Å². The zero-order valence-electron chi connectivity index (χ0n) is 18.2. The number of fused-ring (bicyclic) bond motifs is 1. The number of aromatic nitrogens is 1. The molecular weight excluding hydrogens is 420 g/mol. The highest BCUT2D eigenvalue weighted by Gasteiger charge is 2.22. The summed E-state index contributed by atoms with van der Waals surface area (Å²) in [6.07, 6.45) is 0.893. The van der Waals surface area contributed by atoms with Crippen molar-refractivity contribution in [1.82, 2.24) is 9.88 Å². The minimum atomic E-state index is -0.286. The van der Waals surface area contributed by atoms with E-state index in [1.54, 1.807) is 24.3 Å². The van der Waals surface area contributed by atoms with Crippen LogP contribution >= 0.6 is 0 Å². The Balaban J connectivity index is 1.29. The largest absolute Gasteiger partial charge is 0.368 e. The Morgan fingerprint density at radius 2 is 1.55 bits per heavy atom. The maximum Gasteiger partial charge on any atom is 0.223 e. The monoisotopic (exact) mass is 445 g/mol. The average molecular weight is 446 g/mol. The number of amides is 1. The molecule has 168 valence electrons. The molecular formula is C27H25F2N3O. The van der Waals surface area contributed by atoms with Crippen molar-refractivity contribution in [3.05, 3.63) is 90.0 Å². The van der Waals surface area contributed by atoms with Gasteiger partial charge in [-0.1, -0.05) is 30.3 Å². The predicted octanol–water partition coefficient (Wildman–Crippen LogP) is 5.39. The molecule has 0 unspecified atom stereocenters. The van der Waals surface area contributed by atoms with Gasteiger partial charge in [0.1, 0.15) is 11.6 Å². The fraction of sp³-hybridized carbons (Fsp3) is 0.222. The Kier molecular flexibility index (Phi) is 5.82. The van der Waals surface area contributed by atoms with Crippen molar-refractivity contribution >= 4 is 22.5 Å². The van der Waals surface area contributed by atoms with Gasteiger partial charge in [0.05, 0.1) is 0 Å². The van der Waals surface area contributed by atoms with Crippen molar-refractivity contribution in [3.63, 3.8) is 0 Å². The summed E-state index contributed by atoms with van der Waals surface area (Å²) in [5, 5.41) is 0.822. The highest BCUT2D eigenvalue weighted by Crippen LogP contribution is 2.32. The van der Waals surface area contributed by atoms with Gasteiger partial charge < -0.3 is 14.8 Å². The van der Waals surface area contributed by atoms with Gasteiger partial charge in [0.2, 0.25) is 5.91 Å². The van der Waals surface area contributed by atoms with Crippen molar-refractivity contribution in [2.45, 2.75) is 12.8 Å². The van der Waals surface area contributed by atoms with Gasteiger partial charge in [0, 0.05) is 54.9 Å². The molecule has 1 aliphatic heterocycles. The number of piperazine rings is 1. The number of aryl methyl sites for hydroxylation is 1. The van der Waals surface area contributed by atoms with Crippen LogP contribution in [0.25, 0.3) is 22.2 Å². The second kappa shape index (κ2) is 9.06. The molecule has 5 rings (SSSR count). The smallest absolute Gasteiger partial charge is 0.223 e. The van der Waals surface area contributed by atoms with Crippen LogP contribution in [0.15, 0.2) is 72.8 Å². The molecule has 1 N–H and O–H groups in total. The van der Waals surface area contributed by atoms with Crippen molar-refractivity contribution < 1.29 is 13.6 Å². The summed E-state index contributed by atoms with van der Waals surface area (Å²) < 4.78 is 27.2. The second-order valence-electron chi connectivity index (χ2n) is 8.38. The molecule has 1 aliphatic rings. The topological polar surface area (TPSA) is 39.3 Å². The van der Waals surface area contributed by atoms with Crippen LogP contribution in [0.1, 0.15) is 12.0 Å². The molecule has 0 radical (unpaired) electrons. The number of rotatable bonds is 5. The van der Waals surface area contributed by atoms with E-state index in [1.165, 1.54) is 18.2 Å². The van der Waals surface area contributed by atoms with Gasteiger partial charge in [-0.05, 0) is 60.0 Å². The molecule has 1 saturated heterocycles. The summed E-state index contributed by atoms with van der Waals surface area (Å²) in [5.74, 6) is -0.441. The Morgan fingerprint density at radius 3 is 2.27 bits per heavy atom. The fourth-order valence-corrected chi connectivity index (χ4v) is 4.59. The number of nitrogens with zero attached hydrogens (tertiary/aromatic N) is 2. The zero-order valence-corrected chi connectivity index (χ0v) is 18.2. The van der Waals surface area contributed by atoms with Crippen molar-refractivity contribution in [1.29, 1.82) is 0 Å². The van der Waals surface area contributed by atoms with Crippen LogP contribution in [-0.4, -0.2) is 42.0 Å². The maximum absolute atomic E-state index is 14.0. The van der Waals surface area contributed by atoms with E-state index in [0.29, 0.717) is 39.0 Å². The Hall–Kier alpha value is -3.67. The van der Waals surface area contributed by atoms with Gasteiger partial charge in [-0.15, -0.1) is 0 Å². The van der Waals surface area contributed by atoms with E-state index in [0.717, 1.165) is 33.4 Å². The summed E-state index contributed by atoms with van der Waals surface area (Å²) in [4.78, 5) is 20.5. The molecule has 0 spiro atoms. The maximum atomic E-state index is 14.0. The Labute approximate surface area is 191 Å². The third kappa shape index (κ3) is 4.46. The van der Waals surface area contributed by atoms with Crippen LogP contribution < -0.4 is 4.90 Å². The number of aromatic amines is 1. The first-order valence-electron chi connectivity index (χ1n) is 11.2. The van der Waals surface area contributed by atoms with Gasteiger partial charge >= 0.3 is 0 Å². The SMILES string of the molecule is O=C(CCc1c(-c2ccccc2)[nH]c2ccc(F)cc12)N1CCN(c2ccc(F)cc2)CC1. The molecule has 1 aromatic heterocycles. The number of carbonyl (C=O) groups is 1. The normalized spacial score (nSPS) is 14.1. The minimum Gasteiger partial charge on any atom is -0.368 e. The lowest BCUT2D eigenvalue weighted by Crippen LogP contribution is -2.48. The number of nitrogens with one attached hydrogen (secondary N) is 1. The fourth-order valence-electron chi connectivity index (χ4n) is 4.59. The Bertz CT molecular complexity index is 1260. The lowest BCUT2D eigenvalue weighted by Gasteiger charge is -2.36. The molecule has 1 fully saturated rings. The number of hydrogen-bond donors (Lipinski definition) is 1. The highest BCUT2D eigenvalue weighted by atomic mass is 19.1. The first-order chi connectivity index (χ1) is 16.1. The molecule has 4 aromatic rings. The highest BCUT2D eigenvalue weighted by molar-refractivity contribution is 5.91. The molecule has 33 heavy (non-hydrogen) atoms. The molecule has 0 saturated carbocycles. The third-order valence-corrected chi connectivity index (χ3v) is 6.34. The van der Waals surface area contributed by atoms with Crippen LogP contribution in [0.2, 0.25) is 0 Å². The average Bonchev–Trinajstić information content (AvgIpc) is 3.21. The molecule has 0 bridgehead atoms. The van der Waals surface area contributed by atoms with E-state index >= 15 is 0 Å². The zero-order chi connectivity index (χ0) is 22.8. The van der Waals surface area contributed by atoms with Crippen LogP contribution in [0.4, 0.5) is 14.5 Å². The van der Waals surface area contributed by atoms with Crippen LogP contribution in [0.5, 0.6) is 0 Å². The lowest BCUT2D eigenvalue weighted by atomic mass is 10.0. The molecule has 2 heterocycles. The molecule has 0 aliphatic carbocycles. The minimum absolute atomic E-state index is 0.0959. The quantitative estimate of drug-likeness (QED) is 0.447. The van der Waals surface area contributed by atoms with E-state index in [4.69, 9.17) is 0 Å². The number of halogens is 2. The summed E-state index contributed by atoms with van der Waals surface area (Å²) in [7, 11) is 0. The summed E-state index contributed by atoms with van der Waals surface area (Å²) in [5.41, 5.74) is 4.76. The molecule has 1 amide bonds. The molecule has 6 heteroatoms. The summed E-state index contributed by atoms with van der Waals surface area (Å²) >= 11 is 0. The third-order valence-electron chi connectivity index (χ3n) is 6.34. The number of hydrogen-bond acceptors (Lipinski definition) is 2. The standard InChI is InChI=1S/C27H25F2N3O/c28-20-6-9-22(10-7-20)31-14-16-32(17-15-31)26(33)13-11-23-24-18-21(29)8-12-25(24)30-27(23)19-4-2-1-3-5-19/h1-10,12,18,30H,11,13-17H2. The molecule has 3 aromatic carbocycles. The van der Waals surface area contributed by atoms with E-state index in [2.05, 4.69) is 9.88 Å². The second-order valence-corrected chi connectivity index (χ2v) is 8.38. The van der Waals surface area contributed by atoms with Gasteiger partial charge in [0.25, 0.3) is 0 Å². The summed E-state index contributed by atoms with van der Waals surface area (Å²) in [6, 6.07) is 21.1. The number of benzene rings is 3. The predicted molar refractivity (Wildman–Crippen MR) is 127 cm³/mol. The van der Waals surface area contributed by atoms with Gasteiger partial charge in [0.15, 0.2) is 0 Å². The van der Waals surface area contributed by atoms with Crippen molar-refractivity contribution in [2.75, 3.05) is 31.1 Å². The lowest BCUT2D eigenvalue weighted by molar-refractivity contribution is -0.131. The Morgan fingerprint density at radius 1 is 0.848 bits per heavy atom. The van der Waals surface area contributed by atoms with E-state index in [-0.39, 0.29) is 17.5 Å². The van der Waals surface area contributed by atoms with E-state index < -0.39 is 0 Å². The van der Waals surface area contributed by atoms with Crippen molar-refractivity contribution in [2.24, 2.45) is 0 Å².